The van der Waals surface area contributed by atoms with Gasteiger partial charge in [0.25, 0.3) is 6.71 Å². The Bertz CT molecular complexity index is 6540. The smallest absolute Gasteiger partial charge is 0.252 e. The van der Waals surface area contributed by atoms with E-state index in [1.165, 1.54) is 5.56 Å². The third kappa shape index (κ3) is 13.8. The van der Waals surface area contributed by atoms with Crippen LogP contribution in [-0.2, 0) is 48.7 Å². The summed E-state index contributed by atoms with van der Waals surface area (Å²) >= 11 is 0. The highest BCUT2D eigenvalue weighted by Crippen LogP contribution is 2.58. The molecule has 0 saturated carbocycles. The molecule has 2 aliphatic rings. The summed E-state index contributed by atoms with van der Waals surface area (Å²) in [6, 6.07) is 52.5. The molecule has 12 aromatic carbocycles. The quantitative estimate of drug-likeness (QED) is 0.141. The number of nitrogens with zero attached hydrogens (tertiary/aromatic N) is 3. The van der Waals surface area contributed by atoms with Gasteiger partial charge in [0.15, 0.2) is 0 Å². The Kier molecular flexibility index (Phi) is 15.0. The zero-order valence-electron chi connectivity index (χ0n) is 84.4. The number of fused-ring (bicyclic) bond motifs is 7. The molecule has 0 atom stereocenters. The predicted molar refractivity (Wildman–Crippen MR) is 490 cm³/mol. The molecule has 112 heavy (non-hydrogen) atoms. The summed E-state index contributed by atoms with van der Waals surface area (Å²) in [6.07, 6.45) is 0. The average Bonchev–Trinajstić information content (AvgIpc) is 1.47. The molecule has 0 saturated heterocycles. The summed E-state index contributed by atoms with van der Waals surface area (Å²) in [5, 5.41) is -0.0790. The largest absolute Gasteiger partial charge is 0.310 e. The lowest BCUT2D eigenvalue weighted by molar-refractivity contribution is 0.569. The van der Waals surface area contributed by atoms with Gasteiger partial charge in [0.1, 0.15) is 0 Å². The van der Waals surface area contributed by atoms with E-state index >= 15 is 0 Å². The van der Waals surface area contributed by atoms with Crippen LogP contribution >= 0.6 is 0 Å². The van der Waals surface area contributed by atoms with Gasteiger partial charge in [0.2, 0.25) is 0 Å². The first kappa shape index (κ1) is 62.6. The van der Waals surface area contributed by atoms with Crippen LogP contribution in [0.25, 0.3) is 83.1 Å². The van der Waals surface area contributed by atoms with Gasteiger partial charge in [0, 0.05) is 61.5 Å². The zero-order valence-corrected chi connectivity index (χ0v) is 71.4. The van der Waals surface area contributed by atoms with Gasteiger partial charge in [-0.05, 0) is 215 Å². The topological polar surface area (TPSA) is 11.4 Å². The number of para-hydroxylation sites is 2. The first-order valence-corrected chi connectivity index (χ1v) is 40.2. The average molecular weight is 1480 g/mol. The van der Waals surface area contributed by atoms with Crippen molar-refractivity contribution in [2.45, 2.75) is 236 Å². The van der Waals surface area contributed by atoms with E-state index in [4.69, 9.17) is 1.37 Å². The predicted octanol–water partition coefficient (Wildman–Crippen LogP) is 28.9. The first-order valence-electron chi connectivity index (χ1n) is 46.7. The molecule has 0 fully saturated rings. The SMILES string of the molecule is [2H]c1c([2H])c([2H])c(-c2ccc3c(c2)N(c2c(-c4ccc(C(C)(C)C)cc4)cc(C(C)(C)C)cc2-c2ccc(C(C)(C)C)cc2C(C)(C)C)c2cc(C(C)(C)C)cc4c2B3c2ccc(-n3c5c([2H])c([2H])c([2H])c([2H])c5c5c([2H])c([2H])c([2H])c([2H])c53)cc2N4c2c(-c3ccc(C(C)(C)C)cc3)cc(C(C)(C)C)cc2-c2c(C(C)(C)C)cccc2C(C)(C)C)c([2H])c1[2H]. The van der Waals surface area contributed by atoms with Crippen molar-refractivity contribution in [1.82, 2.24) is 4.57 Å². The molecule has 0 bridgehead atoms. The summed E-state index contributed by atoms with van der Waals surface area (Å²) in [7, 11) is 0. The molecule has 0 radical (unpaired) electrons. The van der Waals surface area contributed by atoms with Crippen LogP contribution in [-0.4, -0.2) is 11.3 Å². The number of hydrogen-bond donors (Lipinski definition) is 0. The van der Waals surface area contributed by atoms with Crippen molar-refractivity contribution in [3.8, 4) is 61.3 Å². The molecule has 13 aromatic rings. The van der Waals surface area contributed by atoms with Crippen LogP contribution in [0.15, 0.2) is 236 Å². The van der Waals surface area contributed by atoms with E-state index in [0.29, 0.717) is 22.6 Å². The Morgan fingerprint density at radius 3 is 1.11 bits per heavy atom. The van der Waals surface area contributed by atoms with Gasteiger partial charge < -0.3 is 14.4 Å². The molecule has 0 aliphatic carbocycles. The standard InChI is InChI=1S/C108H120BN3/c1-100(2,3)71-49-44-68(45-50-71)81-59-74(103(10,11)12)61-83(78-55-53-73(102(7,8)9)63-87(78)108(25,26)27)98(81)111-92-58-70(67-36-29-28-30-37-67)48-56-88(92)109-89-57-54-77(110-90-42-33-31-38-79(90)80-39-32-34-43-91(80)110)66-93(89)112(95-65-76(105(16,17)18)64-94(111)97(95)109)99-82(69-46-51-72(52-47-69)101(4,5)6)60-75(104(13,14)15)62-84(99)96-85(106(19,20)21)40-35-41-86(96)107(22,23)24/h28-66H,1-27H3/i28D,29D,30D,31D,32D,33D,34D,36D,37D,38D,39D,42D,43D. The lowest BCUT2D eigenvalue weighted by atomic mass is 9.33. The molecule has 1 aromatic heterocycles. The van der Waals surface area contributed by atoms with E-state index in [1.54, 1.807) is 4.57 Å². The third-order valence-corrected chi connectivity index (χ3v) is 23.5. The molecule has 0 spiro atoms. The second-order valence-corrected chi connectivity index (χ2v) is 41.1. The van der Waals surface area contributed by atoms with Crippen molar-refractivity contribution >= 4 is 79.0 Å². The minimum atomic E-state index is -0.718. The van der Waals surface area contributed by atoms with Crippen molar-refractivity contribution in [1.29, 1.82) is 0 Å². The van der Waals surface area contributed by atoms with Crippen LogP contribution in [0.1, 0.15) is 255 Å². The van der Waals surface area contributed by atoms with Crippen LogP contribution in [0.2, 0.25) is 0 Å². The second kappa shape index (κ2) is 26.9. The van der Waals surface area contributed by atoms with Gasteiger partial charge in [0.05, 0.1) is 40.2 Å². The minimum Gasteiger partial charge on any atom is -0.310 e. The summed E-state index contributed by atoms with van der Waals surface area (Å²) < 4.78 is 126. The maximum atomic E-state index is 10.0. The number of hydrogen-bond acceptors (Lipinski definition) is 2. The molecule has 3 nitrogen and oxygen atoms in total. The Morgan fingerprint density at radius 1 is 0.268 bits per heavy atom. The highest BCUT2D eigenvalue weighted by atomic mass is 15.2. The molecule has 0 amide bonds. The van der Waals surface area contributed by atoms with Gasteiger partial charge in [-0.3, -0.25) is 0 Å². The van der Waals surface area contributed by atoms with Crippen LogP contribution < -0.4 is 26.2 Å². The summed E-state index contributed by atoms with van der Waals surface area (Å²) in [4.78, 5) is 4.95. The highest BCUT2D eigenvalue weighted by Gasteiger charge is 2.48. The van der Waals surface area contributed by atoms with Crippen molar-refractivity contribution < 1.29 is 17.8 Å². The molecular formula is C108H120BN3. The normalized spacial score (nSPS) is 15.4. The fraction of sp³-hybridized carbons (Fsp3) is 0.333. The van der Waals surface area contributed by atoms with E-state index in [2.05, 4.69) is 342 Å². The van der Waals surface area contributed by atoms with Gasteiger partial charge in [-0.25, -0.2) is 0 Å². The summed E-state index contributed by atoms with van der Waals surface area (Å²) in [5.41, 5.74) is 22.4. The van der Waals surface area contributed by atoms with Gasteiger partial charge >= 0.3 is 0 Å². The summed E-state index contributed by atoms with van der Waals surface area (Å²) in [5.74, 6) is 0. The monoisotopic (exact) mass is 1480 g/mol. The van der Waals surface area contributed by atoms with E-state index < -0.39 is 106 Å². The number of benzene rings is 12. The maximum Gasteiger partial charge on any atom is 0.252 e. The van der Waals surface area contributed by atoms with E-state index in [9.17, 15) is 16.4 Å². The fourth-order valence-corrected chi connectivity index (χ4v) is 17.0. The molecular weight excluding hydrogens is 1350 g/mol. The van der Waals surface area contributed by atoms with Gasteiger partial charge in [-0.2, -0.15) is 0 Å². The Balaban J connectivity index is 1.25. The number of anilines is 6. The van der Waals surface area contributed by atoms with Crippen LogP contribution in [0.3, 0.4) is 0 Å². The minimum absolute atomic E-state index is 0.0135. The van der Waals surface area contributed by atoms with Crippen molar-refractivity contribution in [3.05, 3.63) is 286 Å². The van der Waals surface area contributed by atoms with Crippen molar-refractivity contribution in [2.24, 2.45) is 0 Å². The molecule has 2 aliphatic heterocycles. The van der Waals surface area contributed by atoms with Crippen LogP contribution in [0.4, 0.5) is 34.1 Å². The van der Waals surface area contributed by atoms with Crippen molar-refractivity contribution in [2.75, 3.05) is 9.80 Å². The zero-order chi connectivity index (χ0) is 91.8. The molecule has 15 rings (SSSR count). The fourth-order valence-electron chi connectivity index (χ4n) is 17.0. The molecule has 0 unspecified atom stereocenters. The Morgan fingerprint density at radius 2 is 0.652 bits per heavy atom. The number of aromatic nitrogens is 1. The van der Waals surface area contributed by atoms with Gasteiger partial charge in [-0.15, -0.1) is 0 Å². The van der Waals surface area contributed by atoms with Crippen molar-refractivity contribution in [3.63, 3.8) is 0 Å². The maximum absolute atomic E-state index is 10.0. The second-order valence-electron chi connectivity index (χ2n) is 41.1. The molecule has 3 heterocycles. The highest BCUT2D eigenvalue weighted by molar-refractivity contribution is 7.00. The van der Waals surface area contributed by atoms with Crippen LogP contribution in [0.5, 0.6) is 0 Å². The van der Waals surface area contributed by atoms with E-state index in [1.807, 2.05) is 12.1 Å². The molecule has 0 N–H and O–H groups in total. The lowest BCUT2D eigenvalue weighted by Gasteiger charge is -2.47. The molecule has 570 valence electrons. The molecule has 4 heteroatoms. The van der Waals surface area contributed by atoms with E-state index in [0.717, 1.165) is 128 Å². The van der Waals surface area contributed by atoms with Gasteiger partial charge in [-0.1, -0.05) is 357 Å². The first-order chi connectivity index (χ1) is 57.7. The van der Waals surface area contributed by atoms with Crippen LogP contribution in [0, 0.1) is 0 Å². The Labute approximate surface area is 691 Å². The lowest BCUT2D eigenvalue weighted by Crippen LogP contribution is -2.61. The Hall–Kier alpha value is -9.90. The summed E-state index contributed by atoms with van der Waals surface area (Å²) in [6.45, 7) is 60.5. The van der Waals surface area contributed by atoms with E-state index in [-0.39, 0.29) is 55.7 Å². The number of rotatable bonds is 8. The third-order valence-electron chi connectivity index (χ3n) is 23.5.